The summed E-state index contributed by atoms with van der Waals surface area (Å²) < 4.78 is 6.92. The molecule has 2 heterocycles. The van der Waals surface area contributed by atoms with Crippen LogP contribution >= 0.6 is 27.3 Å². The van der Waals surface area contributed by atoms with Crippen molar-refractivity contribution >= 4 is 37.5 Å². The van der Waals surface area contributed by atoms with Gasteiger partial charge in [-0.2, -0.15) is 0 Å². The Bertz CT molecular complexity index is 415. The summed E-state index contributed by atoms with van der Waals surface area (Å²) in [6.07, 6.45) is 0. The Morgan fingerprint density at radius 2 is 2.42 bits per heavy atom. The fourth-order valence-electron chi connectivity index (χ4n) is 0.951. The molecule has 0 fully saturated rings. The fourth-order valence-corrected chi connectivity index (χ4v) is 2.20. The molecule has 0 amide bonds. The Kier molecular flexibility index (Phi) is 1.98. The number of halogens is 1. The minimum atomic E-state index is 0.570. The van der Waals surface area contributed by atoms with Crippen molar-refractivity contribution in [2.75, 3.05) is 7.11 Å². The van der Waals surface area contributed by atoms with Crippen molar-refractivity contribution in [1.29, 1.82) is 0 Å². The Morgan fingerprint density at radius 3 is 3.17 bits per heavy atom. The molecule has 0 bridgehead atoms. The third-order valence-electron chi connectivity index (χ3n) is 1.45. The van der Waals surface area contributed by atoms with Crippen LogP contribution in [0.15, 0.2) is 16.2 Å². The van der Waals surface area contributed by atoms with Crippen LogP contribution < -0.4 is 4.74 Å². The lowest BCUT2D eigenvalue weighted by molar-refractivity contribution is 0.402. The molecule has 2 aromatic heterocycles. The standard InChI is InChI=1S/C7H5BrN2OS/c1-11-7-6-4(12-3-9-6)2-5(8)10-7/h2-3H,1H3. The van der Waals surface area contributed by atoms with Crippen molar-refractivity contribution in [2.24, 2.45) is 0 Å². The highest BCUT2D eigenvalue weighted by Gasteiger charge is 2.06. The summed E-state index contributed by atoms with van der Waals surface area (Å²) >= 11 is 4.87. The number of rotatable bonds is 1. The lowest BCUT2D eigenvalue weighted by atomic mass is 10.4. The largest absolute Gasteiger partial charge is 0.479 e. The van der Waals surface area contributed by atoms with Crippen LogP contribution in [0.25, 0.3) is 10.2 Å². The second kappa shape index (κ2) is 2.99. The van der Waals surface area contributed by atoms with E-state index in [4.69, 9.17) is 4.74 Å². The molecule has 0 spiro atoms. The lowest BCUT2D eigenvalue weighted by Crippen LogP contribution is -1.88. The van der Waals surface area contributed by atoms with Gasteiger partial charge in [0.15, 0.2) is 0 Å². The first-order valence-electron chi connectivity index (χ1n) is 3.25. The molecule has 62 valence electrons. The Hall–Kier alpha value is -0.680. The molecule has 0 saturated heterocycles. The molecule has 0 aliphatic heterocycles. The van der Waals surface area contributed by atoms with Gasteiger partial charge < -0.3 is 4.74 Å². The van der Waals surface area contributed by atoms with Crippen LogP contribution in [0.3, 0.4) is 0 Å². The fraction of sp³-hybridized carbons (Fsp3) is 0.143. The van der Waals surface area contributed by atoms with E-state index in [-0.39, 0.29) is 0 Å². The maximum absolute atomic E-state index is 5.07. The van der Waals surface area contributed by atoms with Crippen LogP contribution in [0.5, 0.6) is 5.88 Å². The van der Waals surface area contributed by atoms with Gasteiger partial charge in [-0.15, -0.1) is 11.3 Å². The average molecular weight is 245 g/mol. The molecule has 0 unspecified atom stereocenters. The third kappa shape index (κ3) is 1.19. The van der Waals surface area contributed by atoms with Crippen LogP contribution in [-0.4, -0.2) is 17.1 Å². The van der Waals surface area contributed by atoms with Crippen molar-refractivity contribution in [2.45, 2.75) is 0 Å². The van der Waals surface area contributed by atoms with Crippen LogP contribution in [-0.2, 0) is 0 Å². The minimum Gasteiger partial charge on any atom is -0.479 e. The highest BCUT2D eigenvalue weighted by molar-refractivity contribution is 9.10. The van der Waals surface area contributed by atoms with Gasteiger partial charge in [0.05, 0.1) is 17.3 Å². The predicted molar refractivity (Wildman–Crippen MR) is 51.7 cm³/mol. The lowest BCUT2D eigenvalue weighted by Gasteiger charge is -1.98. The van der Waals surface area contributed by atoms with E-state index in [9.17, 15) is 0 Å². The van der Waals surface area contributed by atoms with E-state index in [2.05, 4.69) is 25.9 Å². The average Bonchev–Trinajstić information content (AvgIpc) is 2.50. The van der Waals surface area contributed by atoms with E-state index in [0.29, 0.717) is 5.88 Å². The second-order valence-corrected chi connectivity index (χ2v) is 3.85. The predicted octanol–water partition coefficient (Wildman–Crippen LogP) is 2.46. The van der Waals surface area contributed by atoms with Crippen LogP contribution in [0.4, 0.5) is 0 Å². The molecule has 0 aliphatic carbocycles. The van der Waals surface area contributed by atoms with Gasteiger partial charge in [-0.05, 0) is 22.0 Å². The smallest absolute Gasteiger partial charge is 0.242 e. The highest BCUT2D eigenvalue weighted by atomic mass is 79.9. The molecule has 5 heteroatoms. The van der Waals surface area contributed by atoms with E-state index in [1.54, 1.807) is 24.0 Å². The molecule has 12 heavy (non-hydrogen) atoms. The van der Waals surface area contributed by atoms with E-state index in [1.165, 1.54) is 0 Å². The number of aromatic nitrogens is 2. The zero-order chi connectivity index (χ0) is 8.55. The maximum Gasteiger partial charge on any atom is 0.242 e. The normalized spacial score (nSPS) is 10.5. The van der Waals surface area contributed by atoms with Crippen molar-refractivity contribution in [1.82, 2.24) is 9.97 Å². The van der Waals surface area contributed by atoms with Gasteiger partial charge in [0.2, 0.25) is 5.88 Å². The van der Waals surface area contributed by atoms with Crippen molar-refractivity contribution < 1.29 is 4.74 Å². The number of hydrogen-bond donors (Lipinski definition) is 0. The maximum atomic E-state index is 5.07. The summed E-state index contributed by atoms with van der Waals surface area (Å²) in [5.74, 6) is 0.570. The monoisotopic (exact) mass is 244 g/mol. The summed E-state index contributed by atoms with van der Waals surface area (Å²) in [4.78, 5) is 8.27. The van der Waals surface area contributed by atoms with E-state index < -0.39 is 0 Å². The molecule has 3 nitrogen and oxygen atoms in total. The Balaban J connectivity index is 2.80. The molecule has 2 rings (SSSR count). The van der Waals surface area contributed by atoms with Crippen molar-refractivity contribution in [3.63, 3.8) is 0 Å². The van der Waals surface area contributed by atoms with E-state index in [1.807, 2.05) is 6.07 Å². The summed E-state index contributed by atoms with van der Waals surface area (Å²) in [5, 5.41) is 0. The van der Waals surface area contributed by atoms with E-state index >= 15 is 0 Å². The zero-order valence-corrected chi connectivity index (χ0v) is 8.65. The second-order valence-electron chi connectivity index (χ2n) is 2.15. The number of pyridine rings is 1. The molecular weight excluding hydrogens is 240 g/mol. The molecular formula is C7H5BrN2OS. The molecule has 2 aromatic rings. The molecule has 0 aliphatic rings. The first kappa shape index (κ1) is 7.94. The first-order chi connectivity index (χ1) is 5.81. The van der Waals surface area contributed by atoms with Gasteiger partial charge in [-0.1, -0.05) is 0 Å². The third-order valence-corrected chi connectivity index (χ3v) is 2.63. The van der Waals surface area contributed by atoms with Gasteiger partial charge in [-0.3, -0.25) is 0 Å². The van der Waals surface area contributed by atoms with Gasteiger partial charge in [0, 0.05) is 0 Å². The van der Waals surface area contributed by atoms with E-state index in [0.717, 1.165) is 14.8 Å². The summed E-state index contributed by atoms with van der Waals surface area (Å²) in [5.41, 5.74) is 2.60. The molecule has 0 radical (unpaired) electrons. The SMILES string of the molecule is COc1nc(Br)cc2scnc12. The van der Waals surface area contributed by atoms with Gasteiger partial charge in [-0.25, -0.2) is 9.97 Å². The summed E-state index contributed by atoms with van der Waals surface area (Å²) in [6.45, 7) is 0. The number of thiazole rings is 1. The number of methoxy groups -OCH3 is 1. The first-order valence-corrected chi connectivity index (χ1v) is 4.92. The summed E-state index contributed by atoms with van der Waals surface area (Å²) in [6, 6.07) is 1.93. The van der Waals surface area contributed by atoms with Gasteiger partial charge in [0.25, 0.3) is 0 Å². The number of ether oxygens (including phenoxy) is 1. The zero-order valence-electron chi connectivity index (χ0n) is 6.24. The quantitative estimate of drug-likeness (QED) is 0.724. The Morgan fingerprint density at radius 1 is 1.58 bits per heavy atom. The van der Waals surface area contributed by atoms with Crippen LogP contribution in [0.1, 0.15) is 0 Å². The van der Waals surface area contributed by atoms with Crippen molar-refractivity contribution in [3.8, 4) is 5.88 Å². The molecule has 0 aromatic carbocycles. The number of hydrogen-bond acceptors (Lipinski definition) is 4. The van der Waals surface area contributed by atoms with Gasteiger partial charge in [0.1, 0.15) is 10.1 Å². The molecule has 0 N–H and O–H groups in total. The van der Waals surface area contributed by atoms with Gasteiger partial charge >= 0.3 is 0 Å². The number of nitrogens with zero attached hydrogens (tertiary/aromatic N) is 2. The van der Waals surface area contributed by atoms with Crippen LogP contribution in [0.2, 0.25) is 0 Å². The molecule has 0 saturated carbocycles. The molecule has 0 atom stereocenters. The van der Waals surface area contributed by atoms with Crippen molar-refractivity contribution in [3.05, 3.63) is 16.2 Å². The summed E-state index contributed by atoms with van der Waals surface area (Å²) in [7, 11) is 1.59. The number of fused-ring (bicyclic) bond motifs is 1. The Labute approximate surface area is 81.5 Å². The highest BCUT2D eigenvalue weighted by Crippen LogP contribution is 2.27. The minimum absolute atomic E-state index is 0.570. The van der Waals surface area contributed by atoms with Crippen LogP contribution in [0, 0.1) is 0 Å². The topological polar surface area (TPSA) is 35.0 Å².